The van der Waals surface area contributed by atoms with Crippen molar-refractivity contribution in [3.05, 3.63) is 153 Å². The second kappa shape index (κ2) is 17.5. The number of aryl methyl sites for hydroxylation is 4. The van der Waals surface area contributed by atoms with Gasteiger partial charge in [0.2, 0.25) is 0 Å². The van der Waals surface area contributed by atoms with Gasteiger partial charge in [0, 0.05) is 49.1 Å². The summed E-state index contributed by atoms with van der Waals surface area (Å²) < 4.78 is 1.85. The van der Waals surface area contributed by atoms with Gasteiger partial charge < -0.3 is 11.5 Å². The first-order valence-corrected chi connectivity index (χ1v) is 20.5. The minimum absolute atomic E-state index is 0.414. The van der Waals surface area contributed by atoms with Crippen molar-refractivity contribution in [3.8, 4) is 22.5 Å². The number of benzene rings is 4. The van der Waals surface area contributed by atoms with E-state index in [0.29, 0.717) is 45.4 Å². The van der Waals surface area contributed by atoms with Gasteiger partial charge in [0.25, 0.3) is 0 Å². The normalized spacial score (nSPS) is 11.1. The molecule has 10 rings (SSSR count). The molecule has 0 atom stereocenters. The van der Waals surface area contributed by atoms with Crippen LogP contribution in [0, 0.1) is 27.7 Å². The molecule has 61 heavy (non-hydrogen) atoms. The number of rotatable bonds is 5. The van der Waals surface area contributed by atoms with Crippen molar-refractivity contribution >= 4 is 90.3 Å². The predicted octanol–water partition coefficient (Wildman–Crippen LogP) is 10.8. The van der Waals surface area contributed by atoms with E-state index in [1.54, 1.807) is 0 Å². The summed E-state index contributed by atoms with van der Waals surface area (Å²) in [7, 11) is 0. The molecule has 6 aromatic heterocycles. The molecule has 4 aromatic carbocycles. The fraction of sp³-hybridized carbons (Fsp3) is 0.130. The van der Waals surface area contributed by atoms with Crippen molar-refractivity contribution in [1.29, 1.82) is 0 Å². The second-order valence-electron chi connectivity index (χ2n) is 14.4. The molecule has 0 aliphatic carbocycles. The van der Waals surface area contributed by atoms with Gasteiger partial charge in [0.05, 0.1) is 45.4 Å². The Labute approximate surface area is 366 Å². The van der Waals surface area contributed by atoms with Crippen LogP contribution < -0.4 is 11.5 Å². The van der Waals surface area contributed by atoms with Crippen LogP contribution in [0.2, 0.25) is 10.0 Å². The monoisotopic (exact) mass is 864 g/mol. The van der Waals surface area contributed by atoms with Gasteiger partial charge in [-0.15, -0.1) is 11.6 Å². The minimum atomic E-state index is 0.414. The highest BCUT2D eigenvalue weighted by atomic mass is 35.5. The van der Waals surface area contributed by atoms with E-state index in [0.717, 1.165) is 88.7 Å². The number of halogens is 3. The van der Waals surface area contributed by atoms with Crippen molar-refractivity contribution < 1.29 is 0 Å². The van der Waals surface area contributed by atoms with Gasteiger partial charge in [-0.3, -0.25) is 5.10 Å². The van der Waals surface area contributed by atoms with Crippen LogP contribution in [0.3, 0.4) is 0 Å². The molecule has 304 valence electrons. The summed E-state index contributed by atoms with van der Waals surface area (Å²) in [6, 6.07) is 32.1. The first-order valence-electron chi connectivity index (χ1n) is 19.2. The average Bonchev–Trinajstić information content (AvgIpc) is 3.81. The van der Waals surface area contributed by atoms with Crippen LogP contribution in [-0.4, -0.2) is 49.9 Å². The molecule has 0 saturated carbocycles. The summed E-state index contributed by atoms with van der Waals surface area (Å²) in [5.74, 6) is 1.32. The molecule has 0 spiro atoms. The van der Waals surface area contributed by atoms with Crippen molar-refractivity contribution in [2.45, 2.75) is 40.1 Å². The lowest BCUT2D eigenvalue weighted by atomic mass is 10.0. The number of alkyl halides is 1. The number of pyridine rings is 2. The Hall–Kier alpha value is -6.73. The number of nitrogen functional groups attached to an aromatic ring is 2. The highest BCUT2D eigenvalue weighted by molar-refractivity contribution is 6.33. The predicted molar refractivity (Wildman–Crippen MR) is 248 cm³/mol. The number of H-pyrrole nitrogens is 1. The van der Waals surface area contributed by atoms with Crippen molar-refractivity contribution in [2.24, 2.45) is 0 Å². The topological polar surface area (TPSA) is 176 Å². The number of aromatic nitrogens is 10. The van der Waals surface area contributed by atoms with Crippen LogP contribution in [0.5, 0.6) is 0 Å². The molecular weight excluding hydrogens is 827 g/mol. The number of anilines is 2. The summed E-state index contributed by atoms with van der Waals surface area (Å²) >= 11 is 18.9. The highest BCUT2D eigenvalue weighted by Gasteiger charge is 2.18. The summed E-state index contributed by atoms with van der Waals surface area (Å²) in [5, 5.41) is 16.5. The van der Waals surface area contributed by atoms with Crippen LogP contribution in [0.4, 0.5) is 11.6 Å². The number of hydrogen-bond acceptors (Lipinski definition) is 10. The third-order valence-electron chi connectivity index (χ3n) is 10.3. The molecule has 0 aliphatic rings. The summed E-state index contributed by atoms with van der Waals surface area (Å²) in [6.07, 6.45) is 2.87. The van der Waals surface area contributed by atoms with E-state index in [9.17, 15) is 0 Å². The van der Waals surface area contributed by atoms with E-state index in [4.69, 9.17) is 56.2 Å². The highest BCUT2D eigenvalue weighted by Crippen LogP contribution is 2.34. The van der Waals surface area contributed by atoms with Gasteiger partial charge in [-0.1, -0.05) is 96.0 Å². The van der Waals surface area contributed by atoms with Crippen LogP contribution in [0.25, 0.3) is 66.4 Å². The number of nitrogens with two attached hydrogens (primary N) is 2. The Balaban J connectivity index is 0.000000142. The molecular formula is C46H39Cl3N12. The van der Waals surface area contributed by atoms with Crippen molar-refractivity contribution in [3.63, 3.8) is 0 Å². The lowest BCUT2D eigenvalue weighted by molar-refractivity contribution is 0.695. The number of nitrogens with zero attached hydrogens (tertiary/aromatic N) is 9. The summed E-state index contributed by atoms with van der Waals surface area (Å²) in [5.41, 5.74) is 24.4. The second-order valence-corrected chi connectivity index (χ2v) is 15.5. The average molecular weight is 866 g/mol. The molecule has 6 heterocycles. The Morgan fingerprint density at radius 3 is 1.74 bits per heavy atom. The molecule has 12 nitrogen and oxygen atoms in total. The lowest BCUT2D eigenvalue weighted by Gasteiger charge is -2.14. The van der Waals surface area contributed by atoms with E-state index < -0.39 is 0 Å². The Morgan fingerprint density at radius 2 is 1.16 bits per heavy atom. The van der Waals surface area contributed by atoms with Crippen LogP contribution in [-0.2, 0) is 12.4 Å². The van der Waals surface area contributed by atoms with E-state index in [1.165, 1.54) is 12.7 Å². The van der Waals surface area contributed by atoms with Gasteiger partial charge in [-0.2, -0.15) is 10.2 Å². The van der Waals surface area contributed by atoms with E-state index in [1.807, 2.05) is 79.2 Å². The smallest absolute Gasteiger partial charge is 0.186 e. The van der Waals surface area contributed by atoms with Crippen LogP contribution >= 0.6 is 34.8 Å². The molecule has 10 aromatic rings. The van der Waals surface area contributed by atoms with Crippen molar-refractivity contribution in [2.75, 3.05) is 11.5 Å². The molecule has 15 heteroatoms. The van der Waals surface area contributed by atoms with Crippen LogP contribution in [0.1, 0.15) is 33.6 Å². The Kier molecular flexibility index (Phi) is 11.7. The third-order valence-corrected chi connectivity index (χ3v) is 11.2. The fourth-order valence-corrected chi connectivity index (χ4v) is 7.94. The molecule has 0 bridgehead atoms. The van der Waals surface area contributed by atoms with Crippen LogP contribution in [0.15, 0.2) is 110 Å². The first-order chi connectivity index (χ1) is 29.5. The van der Waals surface area contributed by atoms with Gasteiger partial charge in [0.15, 0.2) is 11.3 Å². The third kappa shape index (κ3) is 8.25. The number of para-hydroxylation sites is 2. The minimum Gasteiger partial charge on any atom is -0.383 e. The van der Waals surface area contributed by atoms with Gasteiger partial charge >= 0.3 is 0 Å². The molecule has 0 radical (unpaired) electrons. The molecule has 0 saturated heterocycles. The van der Waals surface area contributed by atoms with Gasteiger partial charge in [0.1, 0.15) is 24.3 Å². The fourth-order valence-electron chi connectivity index (χ4n) is 7.29. The number of hydrogen-bond donors (Lipinski definition) is 3. The van der Waals surface area contributed by atoms with E-state index in [2.05, 4.69) is 85.5 Å². The summed E-state index contributed by atoms with van der Waals surface area (Å²) in [4.78, 5) is 26.1. The Bertz CT molecular complexity index is 3230. The molecule has 0 fully saturated rings. The van der Waals surface area contributed by atoms with E-state index in [-0.39, 0.29) is 0 Å². The zero-order chi connectivity index (χ0) is 42.8. The number of nitrogens with one attached hydrogen (secondary N) is 1. The standard InChI is InChI=1S/C23H19ClN6.C17H13Cl2N.C6H7N5/c1-13-6-5-7-15-10-16(21(28-20(13)15)17-8-3-4-9-18(17)24)11-30-23-19(14(2)29-30)22(25)26-12-27-23;1-11-5-4-6-12-9-13(10-18)17(20-16(11)12)14-7-2-3-8-15(14)19;1-3-4-5(7)8-2-9-6(4)11-10-3/h3-10,12H,11H2,1-2H3,(H2,25,26,27);2-9H,10H2,1H3;2H,1H3,(H3,7,8,9,10,11). The lowest BCUT2D eigenvalue weighted by Crippen LogP contribution is -2.06. The molecule has 0 aliphatic heterocycles. The zero-order valence-corrected chi connectivity index (χ0v) is 35.9. The maximum Gasteiger partial charge on any atom is 0.186 e. The Morgan fingerprint density at radius 1 is 0.623 bits per heavy atom. The van der Waals surface area contributed by atoms with Gasteiger partial charge in [-0.05, 0) is 68.7 Å². The molecule has 0 amide bonds. The molecule has 5 N–H and O–H groups in total. The maximum atomic E-state index is 6.55. The first kappa shape index (κ1) is 41.0. The molecule has 0 unspecified atom stereocenters. The quantitative estimate of drug-likeness (QED) is 0.141. The van der Waals surface area contributed by atoms with Gasteiger partial charge in [-0.25, -0.2) is 34.6 Å². The largest absolute Gasteiger partial charge is 0.383 e. The van der Waals surface area contributed by atoms with E-state index >= 15 is 0 Å². The zero-order valence-electron chi connectivity index (χ0n) is 33.6. The SMILES string of the molecule is Cc1[nH]nc2ncnc(N)c12.Cc1cccc2cc(CCl)c(-c3ccccc3Cl)nc12.Cc1cccc2cc(Cn3nc(C)c4c(N)ncnc43)c(-c3ccccc3Cl)nc12. The maximum absolute atomic E-state index is 6.55. The number of aromatic amines is 1. The summed E-state index contributed by atoms with van der Waals surface area (Å²) in [6.45, 7) is 8.41. The van der Waals surface area contributed by atoms with Crippen molar-refractivity contribution in [1.82, 2.24) is 49.9 Å². The number of fused-ring (bicyclic) bond motifs is 4.